The van der Waals surface area contributed by atoms with E-state index in [0.717, 1.165) is 0 Å². The average molecular weight is 422 g/mol. The van der Waals surface area contributed by atoms with Gasteiger partial charge in [0, 0.05) is 24.7 Å². The van der Waals surface area contributed by atoms with E-state index in [2.05, 4.69) is 5.32 Å². The summed E-state index contributed by atoms with van der Waals surface area (Å²) in [5, 5.41) is 2.57. The number of amides is 2. The summed E-state index contributed by atoms with van der Waals surface area (Å²) < 4.78 is 52.7. The van der Waals surface area contributed by atoms with Crippen molar-refractivity contribution >= 4 is 23.2 Å². The van der Waals surface area contributed by atoms with E-state index >= 15 is 0 Å². The molecule has 2 aromatic rings. The topological polar surface area (TPSA) is 77.1 Å². The molecule has 1 N–H and O–H groups in total. The molecule has 2 aromatic carbocycles. The van der Waals surface area contributed by atoms with Gasteiger partial charge in [-0.3, -0.25) is 9.59 Å². The van der Waals surface area contributed by atoms with Gasteiger partial charge in [-0.2, -0.15) is 13.2 Å². The van der Waals surface area contributed by atoms with Crippen LogP contribution in [0.1, 0.15) is 6.42 Å². The van der Waals surface area contributed by atoms with Crippen LogP contribution in [0.5, 0.6) is 17.2 Å². The van der Waals surface area contributed by atoms with Gasteiger partial charge < -0.3 is 24.4 Å². The lowest BCUT2D eigenvalue weighted by atomic mass is 10.1. The number of halogens is 3. The number of nitrogens with zero attached hydrogens (tertiary/aromatic N) is 1. The molecule has 1 fully saturated rings. The molecule has 0 saturated carbocycles. The minimum Gasteiger partial charge on any atom is -0.482 e. The molecule has 158 valence electrons. The second-order valence-electron chi connectivity index (χ2n) is 6.83. The van der Waals surface area contributed by atoms with Gasteiger partial charge in [-0.05, 0) is 24.3 Å². The quantitative estimate of drug-likeness (QED) is 0.800. The van der Waals surface area contributed by atoms with Gasteiger partial charge in [0.2, 0.25) is 18.6 Å². The summed E-state index contributed by atoms with van der Waals surface area (Å²) in [6, 6.07) is 10.9. The predicted molar refractivity (Wildman–Crippen MR) is 99.6 cm³/mol. The van der Waals surface area contributed by atoms with E-state index < -0.39 is 24.6 Å². The van der Waals surface area contributed by atoms with Crippen molar-refractivity contribution < 1.29 is 37.0 Å². The number of hydrogen-bond acceptors (Lipinski definition) is 5. The third-order valence-corrected chi connectivity index (χ3v) is 4.70. The summed E-state index contributed by atoms with van der Waals surface area (Å²) in [4.78, 5) is 26.6. The van der Waals surface area contributed by atoms with Crippen LogP contribution in [-0.2, 0) is 9.59 Å². The van der Waals surface area contributed by atoms with Gasteiger partial charge in [0.05, 0.1) is 11.6 Å². The maximum atomic E-state index is 12.7. The zero-order chi connectivity index (χ0) is 21.3. The Hall–Kier alpha value is -3.43. The summed E-state index contributed by atoms with van der Waals surface area (Å²) in [5.74, 6) is -0.386. The van der Waals surface area contributed by atoms with Gasteiger partial charge in [0.1, 0.15) is 5.75 Å². The summed E-state index contributed by atoms with van der Waals surface area (Å²) in [5.41, 5.74) is 0.689. The van der Waals surface area contributed by atoms with Crippen LogP contribution in [0.3, 0.4) is 0 Å². The highest BCUT2D eigenvalue weighted by Gasteiger charge is 2.36. The van der Waals surface area contributed by atoms with Crippen LogP contribution >= 0.6 is 0 Å². The zero-order valence-corrected chi connectivity index (χ0v) is 15.6. The highest BCUT2D eigenvalue weighted by atomic mass is 19.4. The fourth-order valence-corrected chi connectivity index (χ4v) is 3.28. The predicted octanol–water partition coefficient (Wildman–Crippen LogP) is 3.35. The molecule has 1 unspecified atom stereocenters. The van der Waals surface area contributed by atoms with Crippen molar-refractivity contribution in [3.63, 3.8) is 0 Å². The average Bonchev–Trinajstić information content (AvgIpc) is 3.32. The van der Waals surface area contributed by atoms with Crippen molar-refractivity contribution in [1.29, 1.82) is 0 Å². The molecule has 7 nitrogen and oxygen atoms in total. The van der Waals surface area contributed by atoms with Crippen LogP contribution in [0.25, 0.3) is 0 Å². The van der Waals surface area contributed by atoms with Gasteiger partial charge in [0.15, 0.2) is 18.1 Å². The smallest absolute Gasteiger partial charge is 0.422 e. The standard InChI is InChI=1S/C20H17F3N2O5/c21-20(22,23)10-28-15-4-2-1-3-14(15)24-19(27)12-7-18(26)25(9-12)13-5-6-16-17(8-13)30-11-29-16/h1-6,8,12H,7,9-11H2,(H,24,27). The van der Waals surface area contributed by atoms with Crippen LogP contribution < -0.4 is 24.4 Å². The number of anilines is 2. The number of carbonyl (C=O) groups excluding carboxylic acids is 2. The molecule has 10 heteroatoms. The molecule has 0 aromatic heterocycles. The molecule has 1 atom stereocenters. The van der Waals surface area contributed by atoms with Crippen molar-refractivity contribution in [3.05, 3.63) is 42.5 Å². The van der Waals surface area contributed by atoms with Crippen LogP contribution in [-0.4, -0.2) is 37.9 Å². The highest BCUT2D eigenvalue weighted by Crippen LogP contribution is 2.37. The molecule has 0 spiro atoms. The van der Waals surface area contributed by atoms with Gasteiger partial charge in [0.25, 0.3) is 0 Å². The molecule has 4 rings (SSSR count). The summed E-state index contributed by atoms with van der Waals surface area (Å²) >= 11 is 0. The Kier molecular flexibility index (Phi) is 5.15. The van der Waals surface area contributed by atoms with E-state index in [1.54, 1.807) is 24.3 Å². The summed E-state index contributed by atoms with van der Waals surface area (Å²) in [6.07, 6.45) is -4.52. The summed E-state index contributed by atoms with van der Waals surface area (Å²) in [7, 11) is 0. The Bertz CT molecular complexity index is 979. The Morgan fingerprint density at radius 3 is 2.73 bits per heavy atom. The first-order valence-electron chi connectivity index (χ1n) is 9.09. The van der Waals surface area contributed by atoms with Gasteiger partial charge in [-0.25, -0.2) is 0 Å². The minimum absolute atomic E-state index is 0.0220. The SMILES string of the molecule is O=C(Nc1ccccc1OCC(F)(F)F)C1CC(=O)N(c2ccc3c(c2)OCO3)C1. The lowest BCUT2D eigenvalue weighted by molar-refractivity contribution is -0.153. The van der Waals surface area contributed by atoms with E-state index in [1.807, 2.05) is 0 Å². The first-order chi connectivity index (χ1) is 14.3. The second kappa shape index (κ2) is 7.77. The summed E-state index contributed by atoms with van der Waals surface area (Å²) in [6.45, 7) is -1.23. The van der Waals surface area contributed by atoms with Crippen LogP contribution in [0.15, 0.2) is 42.5 Å². The monoisotopic (exact) mass is 422 g/mol. The van der Waals surface area contributed by atoms with Gasteiger partial charge in [-0.1, -0.05) is 12.1 Å². The third-order valence-electron chi connectivity index (χ3n) is 4.70. The normalized spacial score (nSPS) is 17.9. The molecule has 30 heavy (non-hydrogen) atoms. The first kappa shape index (κ1) is 19.9. The van der Waals surface area contributed by atoms with E-state index in [0.29, 0.717) is 17.2 Å². The molecule has 0 aliphatic carbocycles. The molecule has 0 bridgehead atoms. The first-order valence-corrected chi connectivity index (χ1v) is 9.09. The van der Waals surface area contributed by atoms with Crippen molar-refractivity contribution in [2.45, 2.75) is 12.6 Å². The Labute approximate surface area is 169 Å². The maximum Gasteiger partial charge on any atom is 0.422 e. The van der Waals surface area contributed by atoms with Crippen molar-refractivity contribution in [3.8, 4) is 17.2 Å². The van der Waals surface area contributed by atoms with Crippen LogP contribution in [0.4, 0.5) is 24.5 Å². The van der Waals surface area contributed by atoms with E-state index in [-0.39, 0.29) is 37.1 Å². The van der Waals surface area contributed by atoms with Crippen LogP contribution in [0, 0.1) is 5.92 Å². The second-order valence-corrected chi connectivity index (χ2v) is 6.83. The zero-order valence-electron chi connectivity index (χ0n) is 15.6. The molecular formula is C20H17F3N2O5. The van der Waals surface area contributed by atoms with Gasteiger partial charge >= 0.3 is 6.18 Å². The molecule has 2 aliphatic heterocycles. The molecule has 2 aliphatic rings. The number of benzene rings is 2. The largest absolute Gasteiger partial charge is 0.482 e. The number of ether oxygens (including phenoxy) is 3. The molecule has 2 amide bonds. The lowest BCUT2D eigenvalue weighted by Gasteiger charge is -2.18. The molecule has 1 saturated heterocycles. The number of nitrogens with one attached hydrogen (secondary N) is 1. The highest BCUT2D eigenvalue weighted by molar-refractivity contribution is 6.04. The number of hydrogen-bond donors (Lipinski definition) is 1. The Morgan fingerprint density at radius 2 is 1.93 bits per heavy atom. The number of alkyl halides is 3. The number of carbonyl (C=O) groups is 2. The molecular weight excluding hydrogens is 405 g/mol. The fourth-order valence-electron chi connectivity index (χ4n) is 3.28. The van der Waals surface area contributed by atoms with Crippen LogP contribution in [0.2, 0.25) is 0 Å². The van der Waals surface area contributed by atoms with Crippen molar-refractivity contribution in [1.82, 2.24) is 0 Å². The maximum absolute atomic E-state index is 12.7. The van der Waals surface area contributed by atoms with Crippen molar-refractivity contribution in [2.24, 2.45) is 5.92 Å². The van der Waals surface area contributed by atoms with Crippen molar-refractivity contribution in [2.75, 3.05) is 30.2 Å². The van der Waals surface area contributed by atoms with Gasteiger partial charge in [-0.15, -0.1) is 0 Å². The van der Waals surface area contributed by atoms with E-state index in [1.165, 1.54) is 23.1 Å². The fraction of sp³-hybridized carbons (Fsp3) is 0.300. The Balaban J connectivity index is 1.43. The Morgan fingerprint density at radius 1 is 1.17 bits per heavy atom. The van der Waals surface area contributed by atoms with E-state index in [9.17, 15) is 22.8 Å². The van der Waals surface area contributed by atoms with E-state index in [4.69, 9.17) is 14.2 Å². The molecule has 2 heterocycles. The number of rotatable bonds is 5. The third kappa shape index (κ3) is 4.27. The number of fused-ring (bicyclic) bond motifs is 1. The lowest BCUT2D eigenvalue weighted by Crippen LogP contribution is -2.28. The molecule has 0 radical (unpaired) electrons. The number of para-hydroxylation sites is 2. The minimum atomic E-state index is -4.50.